The number of nitrogens with zero attached hydrogens (tertiary/aromatic N) is 2. The number of carboxylic acids is 1. The lowest BCUT2D eigenvalue weighted by molar-refractivity contribution is 0.0699. The third kappa shape index (κ3) is 3.67. The molecule has 146 valence electrons. The maximum absolute atomic E-state index is 13.4. The average molecular weight is 445 g/mol. The Kier molecular flexibility index (Phi) is 5.17. The van der Waals surface area contributed by atoms with Crippen LogP contribution in [0, 0.1) is 6.92 Å². The Labute approximate surface area is 179 Å². The third-order valence-corrected chi connectivity index (χ3v) is 6.14. The molecule has 2 heterocycles. The number of halogens is 2. The lowest BCUT2D eigenvalue weighted by atomic mass is 10.1. The lowest BCUT2D eigenvalue weighted by Gasteiger charge is -2.14. The highest BCUT2D eigenvalue weighted by molar-refractivity contribution is 7.17. The lowest BCUT2D eigenvalue weighted by Crippen LogP contribution is -2.24. The Morgan fingerprint density at radius 3 is 2.66 bits per heavy atom. The fourth-order valence-corrected chi connectivity index (χ4v) is 4.38. The molecule has 0 saturated heterocycles. The van der Waals surface area contributed by atoms with E-state index in [1.165, 1.54) is 9.95 Å². The maximum atomic E-state index is 13.4. The average Bonchev–Trinajstić information content (AvgIpc) is 3.11. The molecule has 1 N–H and O–H groups in total. The molecule has 2 aromatic heterocycles. The zero-order valence-corrected chi connectivity index (χ0v) is 17.5. The number of aryl methyl sites for hydroxylation is 1. The zero-order valence-electron chi connectivity index (χ0n) is 15.1. The van der Waals surface area contributed by atoms with Gasteiger partial charge in [-0.05, 0) is 30.7 Å². The minimum atomic E-state index is -1.15. The molecule has 0 spiro atoms. The van der Waals surface area contributed by atoms with Crippen LogP contribution in [0.5, 0.6) is 0 Å². The van der Waals surface area contributed by atoms with E-state index < -0.39 is 11.5 Å². The topological polar surface area (TPSA) is 72.2 Å². The van der Waals surface area contributed by atoms with Crippen molar-refractivity contribution in [3.05, 3.63) is 84.9 Å². The summed E-state index contributed by atoms with van der Waals surface area (Å²) in [6, 6.07) is 12.8. The number of carbonyl (C=O) groups is 1. The van der Waals surface area contributed by atoms with Crippen LogP contribution in [-0.2, 0) is 6.54 Å². The molecule has 0 amide bonds. The van der Waals surface area contributed by atoms with Gasteiger partial charge >= 0.3 is 5.97 Å². The summed E-state index contributed by atoms with van der Waals surface area (Å²) in [6.07, 6.45) is 0. The number of fused-ring (bicyclic) bond motifs is 1. The smallest absolute Gasteiger partial charge is 0.337 e. The number of benzene rings is 2. The molecular weight excluding hydrogens is 431 g/mol. The Hall–Kier alpha value is -2.67. The van der Waals surface area contributed by atoms with Gasteiger partial charge in [0.25, 0.3) is 5.56 Å². The molecule has 0 aliphatic heterocycles. The van der Waals surface area contributed by atoms with Crippen molar-refractivity contribution < 1.29 is 9.90 Å². The van der Waals surface area contributed by atoms with Crippen LogP contribution in [0.4, 0.5) is 0 Å². The number of hydrogen-bond acceptors (Lipinski definition) is 4. The number of aromatic carboxylic acids is 1. The summed E-state index contributed by atoms with van der Waals surface area (Å²) in [5, 5.41) is 11.8. The van der Waals surface area contributed by atoms with E-state index in [9.17, 15) is 14.7 Å². The van der Waals surface area contributed by atoms with E-state index in [1.807, 2.05) is 31.2 Å². The van der Waals surface area contributed by atoms with E-state index in [4.69, 9.17) is 23.2 Å². The fourth-order valence-electron chi connectivity index (χ4n) is 3.15. The molecule has 29 heavy (non-hydrogen) atoms. The molecule has 5 nitrogen and oxygen atoms in total. The zero-order chi connectivity index (χ0) is 20.7. The maximum Gasteiger partial charge on any atom is 0.337 e. The van der Waals surface area contributed by atoms with Crippen molar-refractivity contribution in [1.82, 2.24) is 9.55 Å². The first kappa shape index (κ1) is 19.6. The monoisotopic (exact) mass is 444 g/mol. The molecule has 4 aromatic rings. The third-order valence-electron chi connectivity index (χ3n) is 4.53. The van der Waals surface area contributed by atoms with Crippen molar-refractivity contribution in [3.63, 3.8) is 0 Å². The van der Waals surface area contributed by atoms with Gasteiger partial charge in [0.1, 0.15) is 10.7 Å². The Morgan fingerprint density at radius 2 is 1.97 bits per heavy atom. The van der Waals surface area contributed by atoms with Crippen molar-refractivity contribution in [3.8, 4) is 11.4 Å². The highest BCUT2D eigenvalue weighted by Gasteiger charge is 2.20. The number of thiophene rings is 1. The van der Waals surface area contributed by atoms with E-state index in [0.29, 0.717) is 20.7 Å². The highest BCUT2D eigenvalue weighted by Crippen LogP contribution is 2.27. The number of carboxylic acid groups (broad SMARTS) is 1. The second-order valence-electron chi connectivity index (χ2n) is 6.58. The Morgan fingerprint density at radius 1 is 1.17 bits per heavy atom. The summed E-state index contributed by atoms with van der Waals surface area (Å²) < 4.78 is 1.48. The van der Waals surface area contributed by atoms with Crippen LogP contribution in [0.3, 0.4) is 0 Å². The minimum absolute atomic E-state index is 0.0406. The summed E-state index contributed by atoms with van der Waals surface area (Å²) >= 11 is 13.3. The van der Waals surface area contributed by atoms with Crippen molar-refractivity contribution in [2.75, 3.05) is 0 Å². The standard InChI is InChI=1S/C21H14Cl2N2O3S/c1-11-3-2-4-13(7-11)18-24-19-17(14(10-29-19)21(27)28)20(26)25(18)9-12-5-6-15(22)16(23)8-12/h2-8,10H,9H2,1H3,(H,27,28). The van der Waals surface area contributed by atoms with Gasteiger partial charge < -0.3 is 5.11 Å². The van der Waals surface area contributed by atoms with Crippen LogP contribution in [0.2, 0.25) is 10.0 Å². The van der Waals surface area contributed by atoms with Crippen LogP contribution in [-0.4, -0.2) is 20.6 Å². The van der Waals surface area contributed by atoms with Crippen molar-refractivity contribution in [2.24, 2.45) is 0 Å². The second-order valence-corrected chi connectivity index (χ2v) is 8.25. The minimum Gasteiger partial charge on any atom is -0.478 e. The molecule has 0 fully saturated rings. The van der Waals surface area contributed by atoms with Crippen molar-refractivity contribution >= 4 is 50.7 Å². The van der Waals surface area contributed by atoms with Gasteiger partial charge in [0.05, 0.1) is 27.5 Å². The molecule has 4 rings (SSSR count). The molecule has 8 heteroatoms. The van der Waals surface area contributed by atoms with E-state index in [0.717, 1.165) is 28.0 Å². The van der Waals surface area contributed by atoms with Gasteiger partial charge in [-0.15, -0.1) is 11.3 Å². The summed E-state index contributed by atoms with van der Waals surface area (Å²) in [7, 11) is 0. The number of rotatable bonds is 4. The van der Waals surface area contributed by atoms with Gasteiger partial charge in [0.15, 0.2) is 0 Å². The fraction of sp³-hybridized carbons (Fsp3) is 0.0952. The first-order chi connectivity index (χ1) is 13.8. The van der Waals surface area contributed by atoms with Crippen LogP contribution in [0.15, 0.2) is 52.6 Å². The highest BCUT2D eigenvalue weighted by atomic mass is 35.5. The van der Waals surface area contributed by atoms with Gasteiger partial charge in [0.2, 0.25) is 0 Å². The van der Waals surface area contributed by atoms with Gasteiger partial charge in [0, 0.05) is 10.9 Å². The van der Waals surface area contributed by atoms with E-state index in [2.05, 4.69) is 4.98 Å². The first-order valence-electron chi connectivity index (χ1n) is 8.61. The molecule has 0 saturated carbocycles. The molecule has 0 aliphatic carbocycles. The Bertz CT molecular complexity index is 1330. The van der Waals surface area contributed by atoms with Gasteiger partial charge in [-0.2, -0.15) is 0 Å². The predicted octanol–water partition coefficient (Wildman–Crippen LogP) is 5.49. The summed E-state index contributed by atoms with van der Waals surface area (Å²) in [6.45, 7) is 2.13. The quantitative estimate of drug-likeness (QED) is 0.451. The normalized spacial score (nSPS) is 11.1. The van der Waals surface area contributed by atoms with Gasteiger partial charge in [-0.25, -0.2) is 9.78 Å². The SMILES string of the molecule is Cc1cccc(-c2nc3scc(C(=O)O)c3c(=O)n2Cc2ccc(Cl)c(Cl)c2)c1. The molecular formula is C21H14Cl2N2O3S. The van der Waals surface area contributed by atoms with Crippen LogP contribution >= 0.6 is 34.5 Å². The van der Waals surface area contributed by atoms with Gasteiger partial charge in [-0.3, -0.25) is 9.36 Å². The predicted molar refractivity (Wildman–Crippen MR) is 117 cm³/mol. The van der Waals surface area contributed by atoms with Crippen molar-refractivity contribution in [2.45, 2.75) is 13.5 Å². The van der Waals surface area contributed by atoms with E-state index in [-0.39, 0.29) is 17.5 Å². The molecule has 0 atom stereocenters. The van der Waals surface area contributed by atoms with E-state index >= 15 is 0 Å². The second kappa shape index (κ2) is 7.63. The molecule has 0 bridgehead atoms. The van der Waals surface area contributed by atoms with Crippen molar-refractivity contribution in [1.29, 1.82) is 0 Å². The van der Waals surface area contributed by atoms with E-state index in [1.54, 1.807) is 18.2 Å². The molecule has 0 unspecified atom stereocenters. The van der Waals surface area contributed by atoms with Crippen LogP contribution < -0.4 is 5.56 Å². The molecule has 0 aliphatic rings. The largest absolute Gasteiger partial charge is 0.478 e. The Balaban J connectivity index is 2.00. The number of aromatic nitrogens is 2. The van der Waals surface area contributed by atoms with Gasteiger partial charge in [-0.1, -0.05) is 53.0 Å². The first-order valence-corrected chi connectivity index (χ1v) is 10.2. The molecule has 2 aromatic carbocycles. The summed E-state index contributed by atoms with van der Waals surface area (Å²) in [5.74, 6) is -0.685. The molecule has 0 radical (unpaired) electrons. The van der Waals surface area contributed by atoms with Crippen LogP contribution in [0.1, 0.15) is 21.5 Å². The summed E-state index contributed by atoms with van der Waals surface area (Å²) in [5.41, 5.74) is 2.10. The summed E-state index contributed by atoms with van der Waals surface area (Å²) in [4.78, 5) is 30.0. The number of hydrogen-bond donors (Lipinski definition) is 1. The van der Waals surface area contributed by atoms with Crippen LogP contribution in [0.25, 0.3) is 21.6 Å².